The van der Waals surface area contributed by atoms with E-state index in [4.69, 9.17) is 14.5 Å². The van der Waals surface area contributed by atoms with Crippen LogP contribution in [0.4, 0.5) is 0 Å². The van der Waals surface area contributed by atoms with E-state index in [1.54, 1.807) is 31.9 Å². The van der Waals surface area contributed by atoms with Crippen molar-refractivity contribution in [2.24, 2.45) is 0 Å². The number of aromatic nitrogens is 5. The topological polar surface area (TPSA) is 82.9 Å². The number of hydrogen-bond acceptors (Lipinski definition) is 7. The molecule has 0 radical (unpaired) electrons. The number of fused-ring (bicyclic) bond motifs is 1. The molecule has 0 aliphatic heterocycles. The van der Waals surface area contributed by atoms with Gasteiger partial charge in [0.15, 0.2) is 0 Å². The molecule has 0 saturated heterocycles. The van der Waals surface area contributed by atoms with E-state index in [0.717, 1.165) is 59.1 Å². The molecule has 0 N–H and O–H groups in total. The lowest BCUT2D eigenvalue weighted by Crippen LogP contribution is -2.05. The van der Waals surface area contributed by atoms with E-state index >= 15 is 0 Å². The van der Waals surface area contributed by atoms with Gasteiger partial charge in [0.2, 0.25) is 0 Å². The van der Waals surface area contributed by atoms with Gasteiger partial charge in [-0.15, -0.1) is 0 Å². The van der Waals surface area contributed by atoms with Gasteiger partial charge in [0.05, 0.1) is 41.8 Å². The first-order valence-electron chi connectivity index (χ1n) is 9.20. The average Bonchev–Trinajstić information content (AvgIpc) is 3.17. The van der Waals surface area contributed by atoms with Crippen LogP contribution in [-0.2, 0) is 24.0 Å². The molecule has 0 unspecified atom stereocenters. The quantitative estimate of drug-likeness (QED) is 0.560. The highest BCUT2D eigenvalue weighted by Crippen LogP contribution is 2.27. The van der Waals surface area contributed by atoms with E-state index in [0.29, 0.717) is 13.2 Å². The van der Waals surface area contributed by atoms with Gasteiger partial charge < -0.3 is 9.47 Å². The maximum atomic E-state index is 5.54. The van der Waals surface area contributed by atoms with Crippen LogP contribution in [0.25, 0.3) is 11.6 Å². The summed E-state index contributed by atoms with van der Waals surface area (Å²) in [4.78, 5) is 22.3. The summed E-state index contributed by atoms with van der Waals surface area (Å²) in [6.07, 6.45) is 13.1. The van der Waals surface area contributed by atoms with Crippen molar-refractivity contribution in [1.82, 2.24) is 24.9 Å². The number of allylic oxidation sites excluding steroid dienone is 1. The molecule has 0 amide bonds. The Balaban J connectivity index is 1.37. The largest absolute Gasteiger partial charge is 0.490 e. The summed E-state index contributed by atoms with van der Waals surface area (Å²) >= 11 is 0. The molecule has 0 saturated carbocycles. The van der Waals surface area contributed by atoms with Crippen LogP contribution in [0.15, 0.2) is 43.1 Å². The van der Waals surface area contributed by atoms with Crippen molar-refractivity contribution < 1.29 is 9.47 Å². The Labute approximate surface area is 163 Å². The van der Waals surface area contributed by atoms with Gasteiger partial charge in [-0.1, -0.05) is 0 Å². The van der Waals surface area contributed by atoms with Crippen LogP contribution in [0, 0.1) is 0 Å². The molecule has 0 spiro atoms. The highest BCUT2D eigenvalue weighted by Gasteiger charge is 2.18. The van der Waals surface area contributed by atoms with Gasteiger partial charge in [-0.25, -0.2) is 4.98 Å². The van der Waals surface area contributed by atoms with E-state index in [-0.39, 0.29) is 0 Å². The second kappa shape index (κ2) is 8.67. The fourth-order valence-electron chi connectivity index (χ4n) is 3.01. The molecule has 4 rings (SSSR count). The van der Waals surface area contributed by atoms with Gasteiger partial charge in [-0.3, -0.25) is 19.9 Å². The number of rotatable bonds is 8. The van der Waals surface area contributed by atoms with Crippen LogP contribution in [0.5, 0.6) is 5.75 Å². The Morgan fingerprint density at radius 1 is 0.929 bits per heavy atom. The molecule has 3 aromatic heterocycles. The number of aryl methyl sites for hydroxylation is 2. The molecule has 1 aliphatic rings. The van der Waals surface area contributed by atoms with Gasteiger partial charge >= 0.3 is 0 Å². The molecule has 142 valence electrons. The molecule has 3 aromatic rings. The molecule has 1 aliphatic carbocycles. The van der Waals surface area contributed by atoms with Gasteiger partial charge in [0.25, 0.3) is 0 Å². The van der Waals surface area contributed by atoms with E-state index in [2.05, 4.69) is 26.0 Å². The molecule has 7 nitrogen and oxygen atoms in total. The number of ether oxygens (including phenoxy) is 2. The smallest absolute Gasteiger partial charge is 0.137 e. The van der Waals surface area contributed by atoms with Crippen molar-refractivity contribution in [1.29, 1.82) is 0 Å². The molecule has 0 aromatic carbocycles. The fourth-order valence-corrected chi connectivity index (χ4v) is 3.01. The van der Waals surface area contributed by atoms with E-state index in [1.807, 2.05) is 18.3 Å². The second-order valence-electron chi connectivity index (χ2n) is 6.46. The van der Waals surface area contributed by atoms with Crippen LogP contribution in [0.2, 0.25) is 0 Å². The Morgan fingerprint density at radius 2 is 1.86 bits per heavy atom. The lowest BCUT2D eigenvalue weighted by atomic mass is 10.1. The molecule has 0 fully saturated rings. The van der Waals surface area contributed by atoms with E-state index in [1.165, 1.54) is 0 Å². The van der Waals surface area contributed by atoms with Crippen molar-refractivity contribution >= 4 is 11.6 Å². The summed E-state index contributed by atoms with van der Waals surface area (Å²) in [5.41, 5.74) is 5.84. The molecule has 7 heteroatoms. The summed E-state index contributed by atoms with van der Waals surface area (Å²) in [5, 5.41) is 0. The highest BCUT2D eigenvalue weighted by molar-refractivity contribution is 5.85. The maximum Gasteiger partial charge on any atom is 0.137 e. The third-order valence-corrected chi connectivity index (χ3v) is 4.48. The van der Waals surface area contributed by atoms with Crippen LogP contribution < -0.4 is 4.74 Å². The molecular weight excluding hydrogens is 354 g/mol. The monoisotopic (exact) mass is 375 g/mol. The van der Waals surface area contributed by atoms with Crippen molar-refractivity contribution in [2.75, 3.05) is 20.3 Å². The minimum atomic E-state index is 0.520. The lowest BCUT2D eigenvalue weighted by molar-refractivity contribution is 0.146. The number of hydrogen-bond donors (Lipinski definition) is 0. The minimum absolute atomic E-state index is 0.520. The predicted octanol–water partition coefficient (Wildman–Crippen LogP) is 2.57. The Kier molecular flexibility index (Phi) is 5.63. The summed E-state index contributed by atoms with van der Waals surface area (Å²) < 4.78 is 10.5. The third-order valence-electron chi connectivity index (χ3n) is 4.48. The SMILES string of the molecule is COCCOc1ccc(CCc2cnc3c(n2)C=C(c2cnccn2)C3)nc1. The zero-order valence-corrected chi connectivity index (χ0v) is 15.7. The van der Waals surface area contributed by atoms with Gasteiger partial charge in [0.1, 0.15) is 12.4 Å². The second-order valence-corrected chi connectivity index (χ2v) is 6.46. The number of nitrogens with zero attached hydrogens (tertiary/aromatic N) is 5. The van der Waals surface area contributed by atoms with Gasteiger partial charge in [-0.2, -0.15) is 0 Å². The summed E-state index contributed by atoms with van der Waals surface area (Å²) in [7, 11) is 1.65. The van der Waals surface area contributed by atoms with Crippen LogP contribution >= 0.6 is 0 Å². The lowest BCUT2D eigenvalue weighted by Gasteiger charge is -2.06. The van der Waals surface area contributed by atoms with Crippen molar-refractivity contribution in [3.8, 4) is 5.75 Å². The number of pyridine rings is 1. The molecule has 0 bridgehead atoms. The molecular formula is C21H21N5O2. The Bertz CT molecular complexity index is 958. The van der Waals surface area contributed by atoms with E-state index in [9.17, 15) is 0 Å². The highest BCUT2D eigenvalue weighted by atomic mass is 16.5. The van der Waals surface area contributed by atoms with Crippen molar-refractivity contribution in [3.05, 3.63) is 71.6 Å². The van der Waals surface area contributed by atoms with Crippen molar-refractivity contribution in [3.63, 3.8) is 0 Å². The summed E-state index contributed by atoms with van der Waals surface area (Å²) in [6, 6.07) is 3.91. The molecule has 28 heavy (non-hydrogen) atoms. The first kappa shape index (κ1) is 18.2. The number of methoxy groups -OCH3 is 1. The van der Waals surface area contributed by atoms with Gasteiger partial charge in [0, 0.05) is 37.8 Å². The van der Waals surface area contributed by atoms with Gasteiger partial charge in [-0.05, 0) is 36.6 Å². The summed E-state index contributed by atoms with van der Waals surface area (Å²) in [5.74, 6) is 0.750. The minimum Gasteiger partial charge on any atom is -0.490 e. The van der Waals surface area contributed by atoms with Crippen LogP contribution in [-0.4, -0.2) is 45.2 Å². The van der Waals surface area contributed by atoms with Crippen LogP contribution in [0.1, 0.15) is 28.5 Å². The zero-order chi connectivity index (χ0) is 19.2. The van der Waals surface area contributed by atoms with Crippen LogP contribution in [0.3, 0.4) is 0 Å². The summed E-state index contributed by atoms with van der Waals surface area (Å²) in [6.45, 7) is 1.08. The Morgan fingerprint density at radius 3 is 2.64 bits per heavy atom. The first-order chi connectivity index (χ1) is 13.8. The predicted molar refractivity (Wildman–Crippen MR) is 105 cm³/mol. The molecule has 3 heterocycles. The normalized spacial score (nSPS) is 12.5. The maximum absolute atomic E-state index is 5.54. The first-order valence-corrected chi connectivity index (χ1v) is 9.20. The fraction of sp³-hybridized carbons (Fsp3) is 0.286. The standard InChI is InChI=1S/C21H21N5O2/c1-27-8-9-28-18-5-4-16(24-13-18)2-3-17-12-25-19-10-15(11-20(19)26-17)21-14-22-6-7-23-21/h4-7,11-14H,2-3,8-10H2,1H3. The Hall–Kier alpha value is -3.19. The van der Waals surface area contributed by atoms with E-state index < -0.39 is 0 Å². The third kappa shape index (κ3) is 4.37. The van der Waals surface area contributed by atoms with Crippen molar-refractivity contribution in [2.45, 2.75) is 19.3 Å². The average molecular weight is 375 g/mol. The molecule has 0 atom stereocenters. The zero-order valence-electron chi connectivity index (χ0n) is 15.7.